The number of aliphatic hydroxyl groups is 1. The van der Waals surface area contributed by atoms with Crippen molar-refractivity contribution in [3.63, 3.8) is 0 Å². The number of β-amino-alcohol motifs (C(OH)–C–C–N with tert-alkyl or cyclic N) is 1. The van der Waals surface area contributed by atoms with Crippen LogP contribution >= 0.6 is 0 Å². The third-order valence-electron chi connectivity index (χ3n) is 11.1. The highest BCUT2D eigenvalue weighted by molar-refractivity contribution is 5.76. The molecule has 8 heteroatoms. The Hall–Kier alpha value is -1.67. The molecule has 0 amide bonds. The molecule has 1 saturated heterocycles. The van der Waals surface area contributed by atoms with Gasteiger partial charge in [-0.3, -0.25) is 19.3 Å². The third kappa shape index (κ3) is 29.6. The van der Waals surface area contributed by atoms with Crippen LogP contribution in [0.1, 0.15) is 233 Å². The van der Waals surface area contributed by atoms with E-state index in [-0.39, 0.29) is 24.0 Å². The van der Waals surface area contributed by atoms with Crippen LogP contribution in [0, 0.1) is 0 Å². The van der Waals surface area contributed by atoms with Gasteiger partial charge in [0.25, 0.3) is 0 Å². The molecule has 54 heavy (non-hydrogen) atoms. The normalized spacial score (nSPS) is 15.9. The van der Waals surface area contributed by atoms with Crippen LogP contribution in [0.3, 0.4) is 0 Å². The summed E-state index contributed by atoms with van der Waals surface area (Å²) in [5.74, 6) is -0.427. The molecule has 0 aromatic rings. The minimum Gasteiger partial charge on any atom is -0.466 e. The standard InChI is InChI=1S/C46H87NO7/c1-4-7-10-13-16-17-18-22-30-37-52-44(49)34-28-24-29-36-47-40-41(48)39-43(47)46(51)53-38-31-23-21-27-35-45(50)54-42(32-25-19-14-11-8-5-2)33-26-20-15-12-9-6-3/h41-43,48H,4-40H2,1-3H3/t41?,43-/m0/s1. The highest BCUT2D eigenvalue weighted by Crippen LogP contribution is 2.21. The number of aliphatic hydroxyl groups excluding tert-OH is 1. The molecule has 1 aliphatic heterocycles. The molecule has 318 valence electrons. The Bertz CT molecular complexity index is 867. The summed E-state index contributed by atoms with van der Waals surface area (Å²) in [6.45, 7) is 8.81. The lowest BCUT2D eigenvalue weighted by molar-refractivity contribution is -0.150. The number of ether oxygens (including phenoxy) is 3. The lowest BCUT2D eigenvalue weighted by Gasteiger charge is -2.22. The summed E-state index contributed by atoms with van der Waals surface area (Å²) in [4.78, 5) is 39.7. The second-order valence-corrected chi connectivity index (χ2v) is 16.3. The van der Waals surface area contributed by atoms with Gasteiger partial charge in [-0.2, -0.15) is 0 Å². The fraction of sp³-hybridized carbons (Fsp3) is 0.935. The number of nitrogens with zero attached hydrogens (tertiary/aromatic N) is 1. The molecular formula is C46H87NO7. The van der Waals surface area contributed by atoms with Gasteiger partial charge in [-0.15, -0.1) is 0 Å². The summed E-state index contributed by atoms with van der Waals surface area (Å²) in [5, 5.41) is 10.3. The first-order chi connectivity index (χ1) is 26.4. The van der Waals surface area contributed by atoms with Gasteiger partial charge in [-0.05, 0) is 64.3 Å². The van der Waals surface area contributed by atoms with Gasteiger partial charge in [0.1, 0.15) is 12.1 Å². The maximum absolute atomic E-state index is 12.9. The highest BCUT2D eigenvalue weighted by atomic mass is 16.5. The number of esters is 3. The first-order valence-corrected chi connectivity index (χ1v) is 23.3. The van der Waals surface area contributed by atoms with Gasteiger partial charge in [0.15, 0.2) is 0 Å². The van der Waals surface area contributed by atoms with Crippen LogP contribution in [-0.4, -0.2) is 72.5 Å². The topological polar surface area (TPSA) is 102 Å². The lowest BCUT2D eigenvalue weighted by atomic mass is 10.0. The van der Waals surface area contributed by atoms with Crippen LogP contribution in [0.4, 0.5) is 0 Å². The van der Waals surface area contributed by atoms with E-state index in [1.165, 1.54) is 109 Å². The maximum Gasteiger partial charge on any atom is 0.323 e. The molecule has 1 fully saturated rings. The fourth-order valence-electron chi connectivity index (χ4n) is 7.61. The van der Waals surface area contributed by atoms with Gasteiger partial charge in [0.2, 0.25) is 0 Å². The van der Waals surface area contributed by atoms with Gasteiger partial charge in [-0.25, -0.2) is 0 Å². The second-order valence-electron chi connectivity index (χ2n) is 16.3. The van der Waals surface area contributed by atoms with Gasteiger partial charge >= 0.3 is 17.9 Å². The predicted molar refractivity (Wildman–Crippen MR) is 223 cm³/mol. The van der Waals surface area contributed by atoms with Crippen LogP contribution < -0.4 is 0 Å². The molecule has 1 unspecified atom stereocenters. The molecule has 2 atom stereocenters. The Balaban J connectivity index is 2.16. The number of rotatable bonds is 39. The number of hydrogen-bond acceptors (Lipinski definition) is 8. The molecule has 1 N–H and O–H groups in total. The summed E-state index contributed by atoms with van der Waals surface area (Å²) in [5.41, 5.74) is 0. The van der Waals surface area contributed by atoms with E-state index in [2.05, 4.69) is 20.8 Å². The number of likely N-dealkylation sites (tertiary alicyclic amines) is 1. The molecule has 0 bridgehead atoms. The predicted octanol–water partition coefficient (Wildman–Crippen LogP) is 12.0. The van der Waals surface area contributed by atoms with E-state index >= 15 is 0 Å². The second kappa shape index (κ2) is 36.9. The molecule has 1 rings (SSSR count). The molecule has 1 heterocycles. The zero-order valence-corrected chi connectivity index (χ0v) is 35.7. The van der Waals surface area contributed by atoms with Gasteiger partial charge in [-0.1, -0.05) is 156 Å². The SMILES string of the molecule is CCCCCCCCCCCOC(=O)CCCCCN1CC(O)C[C@H]1C(=O)OCCCCCCC(=O)OC(CCCCCCCC)CCCCCCCC. The van der Waals surface area contributed by atoms with Gasteiger partial charge < -0.3 is 19.3 Å². The third-order valence-corrected chi connectivity index (χ3v) is 11.1. The summed E-state index contributed by atoms with van der Waals surface area (Å²) in [6, 6.07) is -0.406. The van der Waals surface area contributed by atoms with E-state index in [0.29, 0.717) is 45.6 Å². The monoisotopic (exact) mass is 766 g/mol. The van der Waals surface area contributed by atoms with Gasteiger partial charge in [0, 0.05) is 25.8 Å². The van der Waals surface area contributed by atoms with Crippen molar-refractivity contribution in [2.75, 3.05) is 26.3 Å². The van der Waals surface area contributed by atoms with Crippen LogP contribution in [0.5, 0.6) is 0 Å². The van der Waals surface area contributed by atoms with E-state index in [1.54, 1.807) is 0 Å². The quantitative estimate of drug-likeness (QED) is 0.0375. The van der Waals surface area contributed by atoms with Crippen LogP contribution in [-0.2, 0) is 28.6 Å². The highest BCUT2D eigenvalue weighted by Gasteiger charge is 2.36. The molecule has 0 saturated carbocycles. The molecule has 0 spiro atoms. The smallest absolute Gasteiger partial charge is 0.323 e. The van der Waals surface area contributed by atoms with Crippen molar-refractivity contribution in [1.29, 1.82) is 0 Å². The summed E-state index contributed by atoms with van der Waals surface area (Å²) >= 11 is 0. The molecule has 1 aliphatic rings. The molecular weight excluding hydrogens is 679 g/mol. The minimum absolute atomic E-state index is 0.0609. The van der Waals surface area contributed by atoms with E-state index in [1.807, 2.05) is 4.90 Å². The van der Waals surface area contributed by atoms with Crippen LogP contribution in [0.15, 0.2) is 0 Å². The number of unbranched alkanes of at least 4 members (excludes halogenated alkanes) is 23. The van der Waals surface area contributed by atoms with E-state index in [9.17, 15) is 19.5 Å². The molecule has 0 aromatic heterocycles. The summed E-state index contributed by atoms with van der Waals surface area (Å²) in [7, 11) is 0. The molecule has 8 nitrogen and oxygen atoms in total. The first-order valence-electron chi connectivity index (χ1n) is 23.3. The van der Waals surface area contributed by atoms with Crippen molar-refractivity contribution in [3.05, 3.63) is 0 Å². The average molecular weight is 766 g/mol. The van der Waals surface area contributed by atoms with E-state index in [0.717, 1.165) is 83.5 Å². The Morgan fingerprint density at radius 3 is 1.50 bits per heavy atom. The molecule has 0 aliphatic carbocycles. The van der Waals surface area contributed by atoms with Crippen molar-refractivity contribution in [2.24, 2.45) is 0 Å². The Morgan fingerprint density at radius 2 is 0.963 bits per heavy atom. The van der Waals surface area contributed by atoms with Crippen molar-refractivity contribution in [2.45, 2.75) is 251 Å². The van der Waals surface area contributed by atoms with Crippen molar-refractivity contribution < 1.29 is 33.7 Å². The summed E-state index contributed by atoms with van der Waals surface area (Å²) < 4.78 is 17.0. The Kier molecular flexibility index (Phi) is 34.4. The van der Waals surface area contributed by atoms with E-state index in [4.69, 9.17) is 14.2 Å². The van der Waals surface area contributed by atoms with Crippen molar-refractivity contribution in [3.8, 4) is 0 Å². The zero-order chi connectivity index (χ0) is 39.3. The zero-order valence-electron chi connectivity index (χ0n) is 35.7. The number of hydrogen-bond donors (Lipinski definition) is 1. The van der Waals surface area contributed by atoms with Crippen molar-refractivity contribution >= 4 is 17.9 Å². The van der Waals surface area contributed by atoms with E-state index < -0.39 is 12.1 Å². The Labute approximate surface area is 333 Å². The summed E-state index contributed by atoms with van der Waals surface area (Å²) in [6.07, 6.45) is 35.0. The first kappa shape index (κ1) is 50.3. The molecule has 0 radical (unpaired) electrons. The fourth-order valence-corrected chi connectivity index (χ4v) is 7.61. The Morgan fingerprint density at radius 1 is 0.537 bits per heavy atom. The lowest BCUT2D eigenvalue weighted by Crippen LogP contribution is -2.38. The number of carbonyl (C=O) groups is 3. The van der Waals surface area contributed by atoms with Crippen LogP contribution in [0.25, 0.3) is 0 Å². The number of carbonyl (C=O) groups excluding carboxylic acids is 3. The van der Waals surface area contributed by atoms with Gasteiger partial charge in [0.05, 0.1) is 19.3 Å². The average Bonchev–Trinajstić information content (AvgIpc) is 3.54. The minimum atomic E-state index is -0.519. The van der Waals surface area contributed by atoms with Crippen LogP contribution in [0.2, 0.25) is 0 Å². The largest absolute Gasteiger partial charge is 0.466 e. The molecule has 0 aromatic carbocycles. The maximum atomic E-state index is 12.9. The van der Waals surface area contributed by atoms with Crippen molar-refractivity contribution in [1.82, 2.24) is 4.90 Å².